The van der Waals surface area contributed by atoms with Gasteiger partial charge in [-0.3, -0.25) is 14.9 Å². The maximum atomic E-state index is 12.9. The third kappa shape index (κ3) is 5.28. The van der Waals surface area contributed by atoms with Crippen LogP contribution in [0.4, 0.5) is 11.4 Å². The highest BCUT2D eigenvalue weighted by Gasteiger charge is 2.33. The molecule has 8 nitrogen and oxygen atoms in total. The van der Waals surface area contributed by atoms with E-state index >= 15 is 0 Å². The Hall–Kier alpha value is -2.20. The van der Waals surface area contributed by atoms with E-state index in [1.807, 2.05) is 0 Å². The number of benzene rings is 2. The molecule has 2 aromatic rings. The normalized spacial score (nSPS) is 17.5. The maximum absolute atomic E-state index is 12.9. The summed E-state index contributed by atoms with van der Waals surface area (Å²) in [6, 6.07) is 10.4. The topological polar surface area (TPSA) is 110 Å². The van der Waals surface area contributed by atoms with Gasteiger partial charge in [-0.1, -0.05) is 35.3 Å². The maximum Gasteiger partial charge on any atom is 0.271 e. The Morgan fingerprint density at radius 2 is 1.87 bits per heavy atom. The minimum atomic E-state index is -3.74. The van der Waals surface area contributed by atoms with Crippen molar-refractivity contribution >= 4 is 50.5 Å². The van der Waals surface area contributed by atoms with Gasteiger partial charge in [-0.2, -0.15) is 0 Å². The van der Waals surface area contributed by atoms with E-state index in [0.29, 0.717) is 24.9 Å². The molecular formula is C19H19Cl2N3O5S. The van der Waals surface area contributed by atoms with Gasteiger partial charge in [-0.25, -0.2) is 12.7 Å². The van der Waals surface area contributed by atoms with Gasteiger partial charge in [0, 0.05) is 46.5 Å². The summed E-state index contributed by atoms with van der Waals surface area (Å²) in [5.74, 6) is -1.31. The van der Waals surface area contributed by atoms with Crippen LogP contribution in [0.3, 0.4) is 0 Å². The number of carbonyl (C=O) groups excluding carboxylic acids is 1. The predicted molar refractivity (Wildman–Crippen MR) is 115 cm³/mol. The van der Waals surface area contributed by atoms with Gasteiger partial charge in [-0.05, 0) is 31.0 Å². The van der Waals surface area contributed by atoms with E-state index in [1.165, 1.54) is 22.5 Å². The highest BCUT2D eigenvalue weighted by atomic mass is 35.5. The summed E-state index contributed by atoms with van der Waals surface area (Å²) in [6.45, 7) is 0.316. The third-order valence-electron chi connectivity index (χ3n) is 4.86. The fourth-order valence-electron chi connectivity index (χ4n) is 3.29. The van der Waals surface area contributed by atoms with Gasteiger partial charge in [0.1, 0.15) is 0 Å². The second-order valence-electron chi connectivity index (χ2n) is 6.95. The van der Waals surface area contributed by atoms with Gasteiger partial charge >= 0.3 is 0 Å². The second-order valence-corrected chi connectivity index (χ2v) is 9.73. The molecule has 0 unspecified atom stereocenters. The fraction of sp³-hybridized carbons (Fsp3) is 0.316. The minimum Gasteiger partial charge on any atom is -0.326 e. The van der Waals surface area contributed by atoms with Crippen LogP contribution < -0.4 is 5.32 Å². The standard InChI is InChI=1S/C19H19Cl2N3O5S/c20-17-7-2-8-18(21)16(17)12-30(28,29)23-9-3-4-13(11-23)19(25)22-14-5-1-6-15(10-14)24(26)27/h1-2,5-8,10,13H,3-4,9,11-12H2,(H,22,25)/t13-/m0/s1. The Kier molecular flexibility index (Phi) is 6.97. The summed E-state index contributed by atoms with van der Waals surface area (Å²) in [6.07, 6.45) is 1.03. The number of nitrogens with zero attached hydrogens (tertiary/aromatic N) is 2. The Bertz CT molecular complexity index is 1060. The van der Waals surface area contributed by atoms with E-state index in [4.69, 9.17) is 23.2 Å². The second kappa shape index (κ2) is 9.30. The Morgan fingerprint density at radius 1 is 1.20 bits per heavy atom. The lowest BCUT2D eigenvalue weighted by molar-refractivity contribution is -0.384. The van der Waals surface area contributed by atoms with E-state index in [-0.39, 0.29) is 39.6 Å². The van der Waals surface area contributed by atoms with E-state index in [0.717, 1.165) is 0 Å². The lowest BCUT2D eigenvalue weighted by Crippen LogP contribution is -2.44. The summed E-state index contributed by atoms with van der Waals surface area (Å²) < 4.78 is 27.1. The molecule has 2 aromatic carbocycles. The average Bonchev–Trinajstić information content (AvgIpc) is 2.71. The van der Waals surface area contributed by atoms with Crippen LogP contribution in [0.5, 0.6) is 0 Å². The largest absolute Gasteiger partial charge is 0.326 e. The van der Waals surface area contributed by atoms with Crippen molar-refractivity contribution in [3.63, 3.8) is 0 Å². The number of piperidine rings is 1. The number of sulfonamides is 1. The molecule has 0 aliphatic carbocycles. The van der Waals surface area contributed by atoms with Gasteiger partial charge in [0.05, 0.1) is 16.6 Å². The molecule has 3 rings (SSSR count). The van der Waals surface area contributed by atoms with Crippen LogP contribution in [0, 0.1) is 16.0 Å². The molecule has 1 amide bonds. The smallest absolute Gasteiger partial charge is 0.271 e. The minimum absolute atomic E-state index is 0.0190. The SMILES string of the molecule is O=C(Nc1cccc([N+](=O)[O-])c1)[C@H]1CCCN(S(=O)(=O)Cc2c(Cl)cccc2Cl)C1. The molecule has 1 fully saturated rings. The molecule has 11 heteroatoms. The van der Waals surface area contributed by atoms with Gasteiger partial charge < -0.3 is 5.32 Å². The number of carbonyl (C=O) groups is 1. The summed E-state index contributed by atoms with van der Waals surface area (Å²) in [5.41, 5.74) is 0.471. The highest BCUT2D eigenvalue weighted by Crippen LogP contribution is 2.29. The van der Waals surface area contributed by atoms with Crippen LogP contribution in [0.25, 0.3) is 0 Å². The number of nitro benzene ring substituents is 1. The molecule has 1 aliphatic rings. The molecule has 1 aliphatic heterocycles. The summed E-state index contributed by atoms with van der Waals surface area (Å²) in [4.78, 5) is 23.0. The molecule has 1 atom stereocenters. The highest BCUT2D eigenvalue weighted by molar-refractivity contribution is 7.88. The first-order chi connectivity index (χ1) is 14.2. The van der Waals surface area contributed by atoms with Crippen molar-refractivity contribution in [1.82, 2.24) is 4.31 Å². The summed E-state index contributed by atoms with van der Waals surface area (Å²) in [5, 5.41) is 14.1. The zero-order chi connectivity index (χ0) is 21.9. The van der Waals surface area contributed by atoms with Crippen molar-refractivity contribution in [3.8, 4) is 0 Å². The molecule has 1 saturated heterocycles. The average molecular weight is 472 g/mol. The molecule has 0 saturated carbocycles. The lowest BCUT2D eigenvalue weighted by atomic mass is 9.98. The van der Waals surface area contributed by atoms with Crippen molar-refractivity contribution in [2.24, 2.45) is 5.92 Å². The van der Waals surface area contributed by atoms with Crippen molar-refractivity contribution in [2.45, 2.75) is 18.6 Å². The number of nitro groups is 1. The number of rotatable bonds is 6. The first-order valence-corrected chi connectivity index (χ1v) is 11.5. The van der Waals surface area contributed by atoms with E-state index in [9.17, 15) is 23.3 Å². The lowest BCUT2D eigenvalue weighted by Gasteiger charge is -2.31. The summed E-state index contributed by atoms with van der Waals surface area (Å²) >= 11 is 12.2. The molecule has 0 spiro atoms. The monoisotopic (exact) mass is 471 g/mol. The van der Waals surface area contributed by atoms with E-state index in [2.05, 4.69) is 5.32 Å². The van der Waals surface area contributed by atoms with Crippen LogP contribution >= 0.6 is 23.2 Å². The number of nitrogens with one attached hydrogen (secondary N) is 1. The quantitative estimate of drug-likeness (QED) is 0.503. The van der Waals surface area contributed by atoms with Crippen molar-refractivity contribution in [3.05, 3.63) is 68.2 Å². The zero-order valence-electron chi connectivity index (χ0n) is 15.8. The molecular weight excluding hydrogens is 453 g/mol. The first-order valence-electron chi connectivity index (χ1n) is 9.13. The molecule has 1 heterocycles. The van der Waals surface area contributed by atoms with Gasteiger partial charge in [0.25, 0.3) is 5.69 Å². The van der Waals surface area contributed by atoms with Gasteiger partial charge in [0.2, 0.25) is 15.9 Å². The molecule has 160 valence electrons. The zero-order valence-corrected chi connectivity index (χ0v) is 18.1. The number of halogens is 2. The number of anilines is 1. The number of non-ortho nitro benzene ring substituents is 1. The van der Waals surface area contributed by atoms with Crippen molar-refractivity contribution in [1.29, 1.82) is 0 Å². The molecule has 1 N–H and O–H groups in total. The molecule has 0 radical (unpaired) electrons. The van der Waals surface area contributed by atoms with Gasteiger partial charge in [-0.15, -0.1) is 0 Å². The van der Waals surface area contributed by atoms with E-state index < -0.39 is 20.9 Å². The van der Waals surface area contributed by atoms with Crippen LogP contribution in [-0.2, 0) is 20.6 Å². The Morgan fingerprint density at radius 3 is 2.53 bits per heavy atom. The predicted octanol–water partition coefficient (Wildman–Crippen LogP) is 4.08. The number of amides is 1. The van der Waals surface area contributed by atoms with Crippen LogP contribution in [-0.4, -0.2) is 36.6 Å². The van der Waals surface area contributed by atoms with Crippen LogP contribution in [0.15, 0.2) is 42.5 Å². The fourth-order valence-corrected chi connectivity index (χ4v) is 5.66. The van der Waals surface area contributed by atoms with Crippen molar-refractivity contribution < 1.29 is 18.1 Å². The molecule has 0 bridgehead atoms. The Balaban J connectivity index is 1.70. The van der Waals surface area contributed by atoms with Crippen molar-refractivity contribution in [2.75, 3.05) is 18.4 Å². The van der Waals surface area contributed by atoms with Crippen LogP contribution in [0.2, 0.25) is 10.0 Å². The molecule has 30 heavy (non-hydrogen) atoms. The van der Waals surface area contributed by atoms with Gasteiger partial charge in [0.15, 0.2) is 0 Å². The van der Waals surface area contributed by atoms with Crippen LogP contribution in [0.1, 0.15) is 18.4 Å². The summed E-state index contributed by atoms with van der Waals surface area (Å²) in [7, 11) is -3.74. The number of hydrogen-bond acceptors (Lipinski definition) is 5. The first kappa shape index (κ1) is 22.5. The molecule has 0 aromatic heterocycles. The third-order valence-corrected chi connectivity index (χ3v) is 7.34. The Labute approximate surface area is 184 Å². The van der Waals surface area contributed by atoms with E-state index in [1.54, 1.807) is 24.3 Å². The number of hydrogen-bond donors (Lipinski definition) is 1.